The van der Waals surface area contributed by atoms with Crippen LogP contribution in [-0.2, 0) is 38.3 Å². The fourth-order valence-electron chi connectivity index (χ4n) is 8.29. The Kier molecular flexibility index (Phi) is 41.5. The second kappa shape index (κ2) is 43.8. The van der Waals surface area contributed by atoms with E-state index in [9.17, 15) is 33.1 Å². The Labute approximate surface area is 397 Å². The molecule has 0 aromatic rings. The van der Waals surface area contributed by atoms with Crippen molar-refractivity contribution in [3.63, 3.8) is 0 Å². The van der Waals surface area contributed by atoms with E-state index in [-0.39, 0.29) is 19.6 Å². The molecule has 0 amide bonds. The Bertz CT molecular complexity index is 1230. The molecule has 65 heavy (non-hydrogen) atoms. The van der Waals surface area contributed by atoms with E-state index in [2.05, 4.69) is 42.3 Å². The highest BCUT2D eigenvalue weighted by Crippen LogP contribution is 2.26. The zero-order chi connectivity index (χ0) is 47.5. The average Bonchev–Trinajstić information content (AvgIpc) is 3.28. The van der Waals surface area contributed by atoms with Crippen molar-refractivity contribution in [1.82, 2.24) is 0 Å². The number of carbonyl (C=O) groups excluding carboxylic acids is 1. The molecule has 0 radical (unpaired) electrons. The Morgan fingerprint density at radius 3 is 1.48 bits per heavy atom. The minimum absolute atomic E-state index is 0.0374. The summed E-state index contributed by atoms with van der Waals surface area (Å²) in [5, 5.41) is 30.8. The highest BCUT2D eigenvalue weighted by molar-refractivity contribution is 7.80. The van der Waals surface area contributed by atoms with Gasteiger partial charge in [-0.15, -0.1) is 0 Å². The SMILES string of the molecule is CCCCCC/C=C\C/C=C\CCCCCCCCCC(=O)OC(COCCCCCCCCCCCCCCCCCCCCCC)COC1OC(CO)C(O)C(OS(=O)(=O)O)C1O. The average molecular weight is 947 g/mol. The topological polar surface area (TPSA) is 178 Å². The molecule has 6 atom stereocenters. The third kappa shape index (κ3) is 37.2. The van der Waals surface area contributed by atoms with Gasteiger partial charge in [0.1, 0.15) is 30.5 Å². The zero-order valence-corrected chi connectivity index (χ0v) is 42.1. The van der Waals surface area contributed by atoms with Crippen molar-refractivity contribution in [2.45, 2.75) is 275 Å². The second-order valence-corrected chi connectivity index (χ2v) is 19.5. The van der Waals surface area contributed by atoms with Crippen LogP contribution in [0.2, 0.25) is 0 Å². The summed E-state index contributed by atoms with van der Waals surface area (Å²) in [6.07, 6.45) is 42.1. The lowest BCUT2D eigenvalue weighted by molar-refractivity contribution is -0.301. The van der Waals surface area contributed by atoms with Crippen LogP contribution in [0.4, 0.5) is 0 Å². The van der Waals surface area contributed by atoms with E-state index in [1.807, 2.05) is 0 Å². The van der Waals surface area contributed by atoms with Crippen LogP contribution in [0, 0.1) is 0 Å². The maximum absolute atomic E-state index is 12.9. The highest BCUT2D eigenvalue weighted by Gasteiger charge is 2.48. The summed E-state index contributed by atoms with van der Waals surface area (Å²) in [5.74, 6) is -0.402. The fraction of sp³-hybridized carbons (Fsp3) is 0.904. The van der Waals surface area contributed by atoms with E-state index in [0.717, 1.165) is 51.4 Å². The largest absolute Gasteiger partial charge is 0.457 e. The molecule has 12 nitrogen and oxygen atoms in total. The van der Waals surface area contributed by atoms with Crippen molar-refractivity contribution in [2.75, 3.05) is 26.4 Å². The third-order valence-corrected chi connectivity index (χ3v) is 12.8. The minimum Gasteiger partial charge on any atom is -0.457 e. The summed E-state index contributed by atoms with van der Waals surface area (Å²) < 4.78 is 59.3. The molecule has 384 valence electrons. The van der Waals surface area contributed by atoms with Crippen LogP contribution < -0.4 is 0 Å². The summed E-state index contributed by atoms with van der Waals surface area (Å²) >= 11 is 0. The fourth-order valence-corrected chi connectivity index (χ4v) is 8.80. The number of unbranched alkanes of at least 4 members (excludes halogenated alkanes) is 30. The van der Waals surface area contributed by atoms with Gasteiger partial charge >= 0.3 is 16.4 Å². The summed E-state index contributed by atoms with van der Waals surface area (Å²) in [7, 11) is -5.06. The van der Waals surface area contributed by atoms with Crippen LogP contribution in [0.3, 0.4) is 0 Å². The molecule has 1 rings (SSSR count). The van der Waals surface area contributed by atoms with Crippen LogP contribution in [0.1, 0.15) is 239 Å². The molecule has 0 bridgehead atoms. The van der Waals surface area contributed by atoms with Crippen molar-refractivity contribution in [1.29, 1.82) is 0 Å². The molecule has 0 saturated carbocycles. The van der Waals surface area contributed by atoms with Crippen molar-refractivity contribution >= 4 is 16.4 Å². The Balaban J connectivity index is 2.34. The smallest absolute Gasteiger partial charge is 0.397 e. The lowest BCUT2D eigenvalue weighted by Crippen LogP contribution is -2.60. The maximum Gasteiger partial charge on any atom is 0.397 e. The molecule has 1 fully saturated rings. The summed E-state index contributed by atoms with van der Waals surface area (Å²) in [6, 6.07) is 0. The van der Waals surface area contributed by atoms with Gasteiger partial charge in [-0.1, -0.05) is 212 Å². The molecule has 6 unspecified atom stereocenters. The number of rotatable bonds is 47. The summed E-state index contributed by atoms with van der Waals surface area (Å²) in [5.41, 5.74) is 0. The highest BCUT2D eigenvalue weighted by atomic mass is 32.3. The molecule has 13 heteroatoms. The van der Waals surface area contributed by atoms with Crippen LogP contribution >= 0.6 is 0 Å². The molecule has 0 spiro atoms. The monoisotopic (exact) mass is 947 g/mol. The predicted molar refractivity (Wildman–Crippen MR) is 262 cm³/mol. The Hall–Kier alpha value is -1.42. The second-order valence-electron chi connectivity index (χ2n) is 18.5. The molecule has 1 saturated heterocycles. The lowest BCUT2D eigenvalue weighted by atomic mass is 9.99. The molecule has 1 heterocycles. The first kappa shape index (κ1) is 61.6. The number of allylic oxidation sites excluding steroid dienone is 4. The van der Waals surface area contributed by atoms with Gasteiger partial charge in [-0.25, -0.2) is 4.18 Å². The van der Waals surface area contributed by atoms with E-state index in [1.54, 1.807) is 0 Å². The predicted octanol–water partition coefficient (Wildman–Crippen LogP) is 12.4. The van der Waals surface area contributed by atoms with Gasteiger partial charge < -0.3 is 34.3 Å². The number of hydrogen-bond donors (Lipinski definition) is 4. The molecule has 0 aliphatic carbocycles. The van der Waals surface area contributed by atoms with Gasteiger partial charge in [0.25, 0.3) is 0 Å². The molecular formula is C52H98O12S. The van der Waals surface area contributed by atoms with Crippen LogP contribution in [-0.4, -0.2) is 97.5 Å². The van der Waals surface area contributed by atoms with E-state index in [4.69, 9.17) is 18.9 Å². The van der Waals surface area contributed by atoms with Gasteiger partial charge in [-0.05, 0) is 44.9 Å². The van der Waals surface area contributed by atoms with Crippen LogP contribution in [0.15, 0.2) is 24.3 Å². The molecule has 0 aromatic heterocycles. The quantitative estimate of drug-likeness (QED) is 0.0197. The van der Waals surface area contributed by atoms with Gasteiger partial charge in [-0.3, -0.25) is 9.35 Å². The van der Waals surface area contributed by atoms with Gasteiger partial charge in [0.05, 0.1) is 19.8 Å². The molecule has 0 aromatic carbocycles. The van der Waals surface area contributed by atoms with Crippen molar-refractivity contribution in [2.24, 2.45) is 0 Å². The Morgan fingerprint density at radius 1 is 0.585 bits per heavy atom. The number of hydrogen-bond acceptors (Lipinski definition) is 11. The number of esters is 1. The van der Waals surface area contributed by atoms with Crippen molar-refractivity contribution < 1.29 is 56.2 Å². The molecule has 4 N–H and O–H groups in total. The van der Waals surface area contributed by atoms with E-state index in [0.29, 0.717) is 13.0 Å². The van der Waals surface area contributed by atoms with Crippen LogP contribution in [0.5, 0.6) is 0 Å². The molecular weight excluding hydrogens is 849 g/mol. The van der Waals surface area contributed by atoms with Crippen molar-refractivity contribution in [3.8, 4) is 0 Å². The van der Waals surface area contributed by atoms with E-state index < -0.39 is 59.8 Å². The third-order valence-electron chi connectivity index (χ3n) is 12.3. The minimum atomic E-state index is -5.06. The van der Waals surface area contributed by atoms with Gasteiger partial charge in [0, 0.05) is 13.0 Å². The summed E-state index contributed by atoms with van der Waals surface area (Å²) in [6.45, 7) is 4.01. The van der Waals surface area contributed by atoms with E-state index >= 15 is 0 Å². The number of aliphatic hydroxyl groups is 3. The first-order valence-corrected chi connectivity index (χ1v) is 28.0. The Morgan fingerprint density at radius 2 is 1.02 bits per heavy atom. The number of ether oxygens (including phenoxy) is 4. The number of aliphatic hydroxyl groups excluding tert-OH is 3. The van der Waals surface area contributed by atoms with Crippen LogP contribution in [0.25, 0.3) is 0 Å². The first-order valence-electron chi connectivity index (χ1n) is 26.6. The van der Waals surface area contributed by atoms with Gasteiger partial charge in [0.2, 0.25) is 0 Å². The van der Waals surface area contributed by atoms with Gasteiger partial charge in [-0.2, -0.15) is 8.42 Å². The van der Waals surface area contributed by atoms with Gasteiger partial charge in [0.15, 0.2) is 6.29 Å². The molecule has 1 aliphatic heterocycles. The normalized spacial score (nSPS) is 19.8. The maximum atomic E-state index is 12.9. The first-order chi connectivity index (χ1) is 31.6. The lowest BCUT2D eigenvalue weighted by Gasteiger charge is -2.41. The van der Waals surface area contributed by atoms with Crippen molar-refractivity contribution in [3.05, 3.63) is 24.3 Å². The zero-order valence-electron chi connectivity index (χ0n) is 41.3. The standard InChI is InChI=1S/C52H98O12S/c1-3-5-7-9-11-13-15-17-19-21-23-24-26-28-30-32-34-36-38-40-42-60-44-46(45-61-52-50(56)51(64-65(57,58)59)49(55)47(43-53)63-52)62-48(54)41-39-37-35-33-31-29-27-25-22-20-18-16-14-12-10-8-6-4-2/h14,16,20,22,46-47,49-53,55-56H,3-13,15,17-19,21,23-45H2,1-2H3,(H,57,58,59)/b16-14-,22-20-. The number of carbonyl (C=O) groups is 1. The summed E-state index contributed by atoms with van der Waals surface area (Å²) in [4.78, 5) is 12.9. The van der Waals surface area contributed by atoms with E-state index in [1.165, 1.54) is 161 Å². The molecule has 1 aliphatic rings.